The van der Waals surface area contributed by atoms with Gasteiger partial charge >= 0.3 is 0 Å². The van der Waals surface area contributed by atoms with Crippen molar-refractivity contribution >= 4 is 29.2 Å². The first-order valence-electron chi connectivity index (χ1n) is 14.4. The van der Waals surface area contributed by atoms with E-state index in [1.807, 2.05) is 24.5 Å². The van der Waals surface area contributed by atoms with Gasteiger partial charge in [0.2, 0.25) is 5.95 Å². The van der Waals surface area contributed by atoms with Crippen LogP contribution in [0.15, 0.2) is 36.7 Å². The van der Waals surface area contributed by atoms with E-state index in [2.05, 4.69) is 31.9 Å². The average Bonchev–Trinajstić information content (AvgIpc) is 3.23. The summed E-state index contributed by atoms with van der Waals surface area (Å²) in [5.41, 5.74) is 18.6. The fraction of sp³-hybridized carbons (Fsp3) is 0.467. The number of phenols is 1. The van der Waals surface area contributed by atoms with Crippen LogP contribution in [0.25, 0.3) is 11.8 Å². The Hall–Kier alpha value is -3.76. The van der Waals surface area contributed by atoms with E-state index in [1.54, 1.807) is 18.2 Å². The summed E-state index contributed by atoms with van der Waals surface area (Å²) in [6, 6.07) is 7.79. The number of H-pyrrole nitrogens is 1. The normalized spacial score (nSPS) is 23.1. The van der Waals surface area contributed by atoms with E-state index < -0.39 is 0 Å². The number of nitrogens with two attached hydrogens (primary N) is 2. The van der Waals surface area contributed by atoms with Crippen molar-refractivity contribution in [2.24, 2.45) is 11.1 Å². The molecule has 1 spiro atoms. The molecule has 0 saturated carbocycles. The van der Waals surface area contributed by atoms with Crippen molar-refractivity contribution in [3.8, 4) is 5.75 Å². The summed E-state index contributed by atoms with van der Waals surface area (Å²) in [6.07, 6.45) is 9.02. The van der Waals surface area contributed by atoms with E-state index >= 15 is 0 Å². The lowest BCUT2D eigenvalue weighted by Gasteiger charge is -2.59. The highest BCUT2D eigenvalue weighted by Crippen LogP contribution is 2.40. The zero-order valence-electron chi connectivity index (χ0n) is 23.1. The number of benzene rings is 1. The van der Waals surface area contributed by atoms with Gasteiger partial charge in [-0.25, -0.2) is 9.97 Å². The summed E-state index contributed by atoms with van der Waals surface area (Å²) in [5.74, 6) is 1.45. The lowest BCUT2D eigenvalue weighted by atomic mass is 9.73. The van der Waals surface area contributed by atoms with Crippen LogP contribution in [0, 0.1) is 5.41 Å². The predicted molar refractivity (Wildman–Crippen MR) is 159 cm³/mol. The molecule has 10 nitrogen and oxygen atoms in total. The molecule has 1 unspecified atom stereocenters. The SMILES string of the molecule is CC1c2c([nH]c(N)c2/C=C(\N)c2ccccc2O)CCN1c1ncc(N2CCC(N3CC4(CNC4)C3)CC2)cn1. The number of piperidine rings is 1. The number of anilines is 3. The number of nitrogens with zero attached hydrogens (tertiary/aromatic N) is 5. The molecule has 7 rings (SSSR count). The Balaban J connectivity index is 1.04. The van der Waals surface area contributed by atoms with Crippen molar-refractivity contribution in [1.29, 1.82) is 0 Å². The van der Waals surface area contributed by atoms with Gasteiger partial charge in [0, 0.05) is 91.8 Å². The van der Waals surface area contributed by atoms with Gasteiger partial charge in [-0.05, 0) is 38.0 Å². The van der Waals surface area contributed by atoms with E-state index in [-0.39, 0.29) is 11.8 Å². The molecule has 7 N–H and O–H groups in total. The molecule has 2 aromatic heterocycles. The third-order valence-corrected chi connectivity index (χ3v) is 9.50. The molecule has 1 atom stereocenters. The number of likely N-dealkylation sites (tertiary alicyclic amines) is 1. The topological polar surface area (TPSA) is 136 Å². The van der Waals surface area contributed by atoms with E-state index in [9.17, 15) is 5.11 Å². The molecule has 40 heavy (non-hydrogen) atoms. The highest BCUT2D eigenvalue weighted by Gasteiger charge is 2.49. The fourth-order valence-electron chi connectivity index (χ4n) is 7.13. The van der Waals surface area contributed by atoms with Crippen molar-refractivity contribution in [2.45, 2.75) is 38.3 Å². The van der Waals surface area contributed by atoms with Crippen LogP contribution < -0.4 is 26.6 Å². The number of phenolic OH excluding ortho intramolecular Hbond substituents is 1. The molecule has 3 saturated heterocycles. The summed E-state index contributed by atoms with van der Waals surface area (Å²) in [7, 11) is 0. The van der Waals surface area contributed by atoms with Crippen molar-refractivity contribution in [3.63, 3.8) is 0 Å². The maximum Gasteiger partial charge on any atom is 0.225 e. The summed E-state index contributed by atoms with van der Waals surface area (Å²) in [5, 5.41) is 13.7. The molecular formula is C30H39N9O. The van der Waals surface area contributed by atoms with Crippen molar-refractivity contribution in [1.82, 2.24) is 25.2 Å². The van der Waals surface area contributed by atoms with E-state index in [1.165, 1.54) is 39.0 Å². The molecule has 1 aromatic carbocycles. The summed E-state index contributed by atoms with van der Waals surface area (Å²) in [4.78, 5) is 20.3. The Labute approximate surface area is 235 Å². The third kappa shape index (κ3) is 4.26. The number of nitrogens with one attached hydrogen (secondary N) is 2. The lowest BCUT2D eigenvalue weighted by molar-refractivity contribution is -0.0694. The van der Waals surface area contributed by atoms with Crippen LogP contribution in [0.2, 0.25) is 0 Å². The third-order valence-electron chi connectivity index (χ3n) is 9.50. The zero-order chi connectivity index (χ0) is 27.4. The van der Waals surface area contributed by atoms with Crippen molar-refractivity contribution in [2.75, 3.05) is 61.3 Å². The fourth-order valence-corrected chi connectivity index (χ4v) is 7.13. The maximum absolute atomic E-state index is 10.3. The van der Waals surface area contributed by atoms with Gasteiger partial charge in [0.15, 0.2) is 0 Å². The zero-order valence-corrected chi connectivity index (χ0v) is 23.1. The number of aromatic hydroxyl groups is 1. The number of aromatic nitrogens is 3. The molecule has 3 aromatic rings. The molecule has 4 aliphatic rings. The van der Waals surface area contributed by atoms with Crippen LogP contribution in [-0.4, -0.2) is 76.8 Å². The minimum absolute atomic E-state index is 0.00741. The first kappa shape index (κ1) is 25.2. The number of para-hydroxylation sites is 1. The number of fused-ring (bicyclic) bond motifs is 1. The van der Waals surface area contributed by atoms with Crippen molar-refractivity contribution < 1.29 is 5.11 Å². The quantitative estimate of drug-likeness (QED) is 0.330. The van der Waals surface area contributed by atoms with Gasteiger partial charge in [0.1, 0.15) is 11.6 Å². The van der Waals surface area contributed by atoms with Crippen LogP contribution in [0.3, 0.4) is 0 Å². The monoisotopic (exact) mass is 541 g/mol. The minimum Gasteiger partial charge on any atom is -0.507 e. The first-order valence-corrected chi connectivity index (χ1v) is 14.4. The second kappa shape index (κ2) is 9.71. The van der Waals surface area contributed by atoms with Gasteiger partial charge in [0.25, 0.3) is 0 Å². The molecule has 0 radical (unpaired) electrons. The number of hydrogen-bond donors (Lipinski definition) is 5. The van der Waals surface area contributed by atoms with Gasteiger partial charge in [0.05, 0.1) is 24.1 Å². The van der Waals surface area contributed by atoms with Gasteiger partial charge < -0.3 is 36.7 Å². The van der Waals surface area contributed by atoms with E-state index in [4.69, 9.17) is 21.4 Å². The van der Waals surface area contributed by atoms with Gasteiger partial charge in [-0.3, -0.25) is 4.90 Å². The van der Waals surface area contributed by atoms with Crippen LogP contribution in [0.5, 0.6) is 5.75 Å². The average molecular weight is 542 g/mol. The molecule has 4 aliphatic heterocycles. The molecule has 10 heteroatoms. The molecule has 3 fully saturated rings. The van der Waals surface area contributed by atoms with Crippen LogP contribution in [0.1, 0.15) is 48.2 Å². The van der Waals surface area contributed by atoms with Crippen LogP contribution in [0.4, 0.5) is 17.5 Å². The van der Waals surface area contributed by atoms with Gasteiger partial charge in [-0.2, -0.15) is 0 Å². The van der Waals surface area contributed by atoms with Gasteiger partial charge in [-0.1, -0.05) is 12.1 Å². The smallest absolute Gasteiger partial charge is 0.225 e. The molecule has 210 valence electrons. The van der Waals surface area contributed by atoms with E-state index in [0.717, 1.165) is 54.5 Å². The maximum atomic E-state index is 10.3. The van der Waals surface area contributed by atoms with Crippen LogP contribution >= 0.6 is 0 Å². The second-order valence-corrected chi connectivity index (χ2v) is 12.0. The Morgan fingerprint density at radius 2 is 1.82 bits per heavy atom. The highest BCUT2D eigenvalue weighted by atomic mass is 16.3. The molecule has 6 heterocycles. The second-order valence-electron chi connectivity index (χ2n) is 12.0. The Morgan fingerprint density at radius 1 is 1.10 bits per heavy atom. The van der Waals surface area contributed by atoms with E-state index in [0.29, 0.717) is 28.5 Å². The largest absolute Gasteiger partial charge is 0.507 e. The molecule has 0 bridgehead atoms. The lowest BCUT2D eigenvalue weighted by Crippen LogP contribution is -2.73. The number of hydrogen-bond acceptors (Lipinski definition) is 9. The van der Waals surface area contributed by atoms with Gasteiger partial charge in [-0.15, -0.1) is 0 Å². The Bertz CT molecular complexity index is 1410. The minimum atomic E-state index is 0.00741. The molecular weight excluding hydrogens is 502 g/mol. The number of rotatable bonds is 5. The Morgan fingerprint density at radius 3 is 2.50 bits per heavy atom. The van der Waals surface area contributed by atoms with Crippen molar-refractivity contribution in [3.05, 3.63) is 59.0 Å². The summed E-state index contributed by atoms with van der Waals surface area (Å²) < 4.78 is 0. The van der Waals surface area contributed by atoms with Crippen LogP contribution in [-0.2, 0) is 6.42 Å². The predicted octanol–water partition coefficient (Wildman–Crippen LogP) is 2.55. The highest BCUT2D eigenvalue weighted by molar-refractivity contribution is 5.86. The molecule has 0 amide bonds. The number of aromatic amines is 1. The Kier molecular flexibility index (Phi) is 6.12. The molecule has 0 aliphatic carbocycles. The first-order chi connectivity index (χ1) is 19.4. The standard InChI is InChI=1S/C30H39N9O/c1-19-27-23(12-24(31)22-4-2-3-5-26(22)40)28(32)36-25(27)8-11-39(19)29-34-13-21(14-35-29)37-9-6-20(7-10-37)38-17-30(18-38)15-33-16-30/h2-5,12-14,19-20,33,36,40H,6-11,15-18,31-32H2,1H3/b24-12-. The number of nitrogen functional groups attached to an aromatic ring is 1. The summed E-state index contributed by atoms with van der Waals surface area (Å²) >= 11 is 0. The summed E-state index contributed by atoms with van der Waals surface area (Å²) in [6.45, 7) is 9.98.